The van der Waals surface area contributed by atoms with Crippen LogP contribution in [0.4, 0.5) is 13.2 Å². The molecule has 13 heteroatoms. The van der Waals surface area contributed by atoms with Gasteiger partial charge in [-0.05, 0) is 56.5 Å². The zero-order valence-corrected chi connectivity index (χ0v) is 21.7. The van der Waals surface area contributed by atoms with E-state index in [0.717, 1.165) is 6.42 Å². The second kappa shape index (κ2) is 12.3. The number of aromatic nitrogens is 1. The molecule has 0 aliphatic heterocycles. The number of alkyl halides is 3. The lowest BCUT2D eigenvalue weighted by molar-refractivity contribution is -0.143. The van der Waals surface area contributed by atoms with Crippen LogP contribution in [0.5, 0.6) is 17.4 Å². The molecule has 36 heavy (non-hydrogen) atoms. The highest BCUT2D eigenvalue weighted by molar-refractivity contribution is 7.50. The van der Waals surface area contributed by atoms with Gasteiger partial charge in [-0.2, -0.15) is 13.2 Å². The van der Waals surface area contributed by atoms with Crippen molar-refractivity contribution in [2.75, 3.05) is 6.54 Å². The van der Waals surface area contributed by atoms with Crippen LogP contribution < -0.4 is 9.47 Å². The molecule has 200 valence electrons. The first kappa shape index (κ1) is 29.9. The molecule has 0 aliphatic carbocycles. The van der Waals surface area contributed by atoms with E-state index in [0.29, 0.717) is 36.2 Å². The van der Waals surface area contributed by atoms with Crippen LogP contribution in [0.15, 0.2) is 36.5 Å². The number of unbranched alkanes of at least 4 members (excludes halogenated alkanes) is 2. The maximum absolute atomic E-state index is 13.3. The lowest BCUT2D eigenvalue weighted by Gasteiger charge is -2.35. The van der Waals surface area contributed by atoms with Gasteiger partial charge < -0.3 is 19.3 Å². The standard InChI is InChI=1S/C23H29ClF3N2O6P/c1-4-6-12-22(3,21(30)29(13-7-5-2)36(31,32)33)35-18-10-8-17(9-11-18)34-20-19(24)14-16(15-28-20)23(25,26)27/h8-11,14-15H,4-7,12-13H2,1-3H3,(H2,31,32,33). The lowest BCUT2D eigenvalue weighted by Crippen LogP contribution is -2.50. The molecule has 2 N–H and O–H groups in total. The first-order chi connectivity index (χ1) is 16.7. The van der Waals surface area contributed by atoms with Gasteiger partial charge in [-0.15, -0.1) is 0 Å². The minimum atomic E-state index is -4.87. The molecule has 1 aromatic carbocycles. The van der Waals surface area contributed by atoms with Crippen LogP contribution in [0.25, 0.3) is 0 Å². The average Bonchev–Trinajstić information content (AvgIpc) is 2.79. The molecule has 0 spiro atoms. The van der Waals surface area contributed by atoms with E-state index in [1.807, 2.05) is 13.8 Å². The Morgan fingerprint density at radius 3 is 2.19 bits per heavy atom. The normalized spacial score (nSPS) is 13.7. The Balaban J connectivity index is 2.24. The quantitative estimate of drug-likeness (QED) is 0.286. The number of ether oxygens (including phenoxy) is 2. The maximum atomic E-state index is 13.3. The fraction of sp³-hybridized carbons (Fsp3) is 0.478. The Bertz CT molecular complexity index is 1080. The van der Waals surface area contributed by atoms with Crippen molar-refractivity contribution in [3.8, 4) is 17.4 Å². The molecule has 1 atom stereocenters. The Labute approximate surface area is 212 Å². The first-order valence-electron chi connectivity index (χ1n) is 11.3. The molecule has 0 saturated carbocycles. The molecule has 1 amide bonds. The van der Waals surface area contributed by atoms with Gasteiger partial charge in [0.05, 0.1) is 5.56 Å². The van der Waals surface area contributed by atoms with Crippen molar-refractivity contribution >= 4 is 25.3 Å². The van der Waals surface area contributed by atoms with Crippen LogP contribution >= 0.6 is 19.3 Å². The first-order valence-corrected chi connectivity index (χ1v) is 13.2. The average molecular weight is 553 g/mol. The van der Waals surface area contributed by atoms with Crippen molar-refractivity contribution in [3.63, 3.8) is 0 Å². The van der Waals surface area contributed by atoms with Gasteiger partial charge in [0.15, 0.2) is 5.60 Å². The van der Waals surface area contributed by atoms with Crippen molar-refractivity contribution in [1.82, 2.24) is 9.65 Å². The number of carbonyl (C=O) groups is 1. The Morgan fingerprint density at radius 1 is 1.11 bits per heavy atom. The monoisotopic (exact) mass is 552 g/mol. The molecular formula is C23H29ClF3N2O6P. The third-order valence-electron chi connectivity index (χ3n) is 5.25. The molecule has 2 rings (SSSR count). The molecule has 0 bridgehead atoms. The molecule has 8 nitrogen and oxygen atoms in total. The summed E-state index contributed by atoms with van der Waals surface area (Å²) in [6.07, 6.45) is -1.43. The third kappa shape index (κ3) is 8.09. The molecule has 1 heterocycles. The molecule has 1 unspecified atom stereocenters. The van der Waals surface area contributed by atoms with Gasteiger partial charge in [0, 0.05) is 12.7 Å². The van der Waals surface area contributed by atoms with Crippen molar-refractivity contribution in [2.24, 2.45) is 0 Å². The van der Waals surface area contributed by atoms with E-state index >= 15 is 0 Å². The highest BCUT2D eigenvalue weighted by Crippen LogP contribution is 2.43. The van der Waals surface area contributed by atoms with Gasteiger partial charge >= 0.3 is 13.9 Å². The fourth-order valence-corrected chi connectivity index (χ4v) is 4.30. The minimum Gasteiger partial charge on any atom is -0.478 e. The Hall–Kier alpha value is -2.33. The molecule has 1 aromatic heterocycles. The van der Waals surface area contributed by atoms with Crippen molar-refractivity contribution < 1.29 is 41.8 Å². The number of carbonyl (C=O) groups excluding carboxylic acids is 1. The van der Waals surface area contributed by atoms with Gasteiger partial charge in [0.1, 0.15) is 16.5 Å². The highest BCUT2D eigenvalue weighted by atomic mass is 35.5. The number of pyridine rings is 1. The zero-order chi connectivity index (χ0) is 27.1. The third-order valence-corrected chi connectivity index (χ3v) is 6.53. The van der Waals surface area contributed by atoms with Gasteiger partial charge in [0.2, 0.25) is 5.88 Å². The van der Waals surface area contributed by atoms with E-state index in [1.54, 1.807) is 0 Å². The summed E-state index contributed by atoms with van der Waals surface area (Å²) >= 11 is 5.87. The summed E-state index contributed by atoms with van der Waals surface area (Å²) in [7, 11) is -4.87. The summed E-state index contributed by atoms with van der Waals surface area (Å²) in [5.74, 6) is -0.631. The number of nitrogens with zero attached hydrogens (tertiary/aromatic N) is 2. The van der Waals surface area contributed by atoms with Crippen molar-refractivity contribution in [3.05, 3.63) is 47.1 Å². The summed E-state index contributed by atoms with van der Waals surface area (Å²) in [5, 5.41) is -0.326. The van der Waals surface area contributed by atoms with Crippen LogP contribution in [0.1, 0.15) is 58.4 Å². The highest BCUT2D eigenvalue weighted by Gasteiger charge is 2.44. The topological polar surface area (TPSA) is 109 Å². The van der Waals surface area contributed by atoms with Crippen molar-refractivity contribution in [1.29, 1.82) is 0 Å². The van der Waals surface area contributed by atoms with Gasteiger partial charge in [-0.3, -0.25) is 4.79 Å². The predicted molar refractivity (Wildman–Crippen MR) is 128 cm³/mol. The summed E-state index contributed by atoms with van der Waals surface area (Å²) in [6, 6.07) is 6.50. The number of hydrogen-bond acceptors (Lipinski definition) is 5. The van der Waals surface area contributed by atoms with Crippen LogP contribution in [0, 0.1) is 0 Å². The van der Waals surface area contributed by atoms with E-state index < -0.39 is 31.0 Å². The van der Waals surface area contributed by atoms with Gasteiger partial charge in [0.25, 0.3) is 5.91 Å². The molecule has 0 aliphatic rings. The molecule has 0 saturated heterocycles. The number of amides is 1. The Kier molecular flexibility index (Phi) is 10.2. The number of hydrogen-bond donors (Lipinski definition) is 2. The number of halogens is 4. The fourth-order valence-electron chi connectivity index (χ4n) is 3.25. The summed E-state index contributed by atoms with van der Waals surface area (Å²) in [5.41, 5.74) is -2.56. The van der Waals surface area contributed by atoms with Gasteiger partial charge in [-0.25, -0.2) is 14.2 Å². The molecule has 0 radical (unpaired) electrons. The Morgan fingerprint density at radius 2 is 1.69 bits per heavy atom. The second-order valence-corrected chi connectivity index (χ2v) is 10.2. The molecule has 2 aromatic rings. The van der Waals surface area contributed by atoms with Crippen LogP contribution in [-0.2, 0) is 15.5 Å². The molecular weight excluding hydrogens is 524 g/mol. The van der Waals surface area contributed by atoms with E-state index in [-0.39, 0.29) is 35.4 Å². The zero-order valence-electron chi connectivity index (χ0n) is 20.1. The summed E-state index contributed by atoms with van der Waals surface area (Å²) in [4.78, 5) is 36.4. The number of rotatable bonds is 12. The van der Waals surface area contributed by atoms with Crippen molar-refractivity contribution in [2.45, 2.75) is 64.7 Å². The van der Waals surface area contributed by atoms with Gasteiger partial charge in [-0.1, -0.05) is 38.3 Å². The van der Waals surface area contributed by atoms with E-state index in [1.165, 1.54) is 31.2 Å². The lowest BCUT2D eigenvalue weighted by atomic mass is 9.97. The van der Waals surface area contributed by atoms with E-state index in [2.05, 4.69) is 4.98 Å². The largest absolute Gasteiger partial charge is 0.478 e. The minimum absolute atomic E-state index is 0.113. The SMILES string of the molecule is CCCCN(C(=O)C(C)(CCCC)Oc1ccc(Oc2ncc(C(F)(F)F)cc2Cl)cc1)P(=O)(O)O. The van der Waals surface area contributed by atoms with Crippen LogP contribution in [0.3, 0.4) is 0 Å². The smallest absolute Gasteiger partial charge is 0.432 e. The van der Waals surface area contributed by atoms with Crippen LogP contribution in [0.2, 0.25) is 5.02 Å². The van der Waals surface area contributed by atoms with Crippen LogP contribution in [-0.4, -0.2) is 37.5 Å². The summed E-state index contributed by atoms with van der Waals surface area (Å²) in [6.45, 7) is 5.12. The predicted octanol–water partition coefficient (Wildman–Crippen LogP) is 6.60. The maximum Gasteiger partial charge on any atom is 0.432 e. The van der Waals surface area contributed by atoms with E-state index in [4.69, 9.17) is 21.1 Å². The number of benzene rings is 1. The second-order valence-electron chi connectivity index (χ2n) is 8.31. The molecule has 0 fully saturated rings. The summed E-state index contributed by atoms with van der Waals surface area (Å²) < 4.78 is 62.4. The van der Waals surface area contributed by atoms with E-state index in [9.17, 15) is 32.3 Å².